The van der Waals surface area contributed by atoms with E-state index in [2.05, 4.69) is 43.0 Å². The van der Waals surface area contributed by atoms with E-state index < -0.39 is 0 Å². The van der Waals surface area contributed by atoms with Crippen LogP contribution in [0.15, 0.2) is 30.3 Å². The second-order valence-electron chi connectivity index (χ2n) is 9.51. The highest BCUT2D eigenvalue weighted by Gasteiger charge is 2.40. The second-order valence-corrected chi connectivity index (χ2v) is 9.51. The van der Waals surface area contributed by atoms with Crippen molar-refractivity contribution in [2.75, 3.05) is 40.3 Å². The number of rotatable bonds is 9. The summed E-state index contributed by atoms with van der Waals surface area (Å²) in [5.41, 5.74) is 1.18. The van der Waals surface area contributed by atoms with Crippen LogP contribution in [-0.4, -0.2) is 72.7 Å². The fourth-order valence-electron chi connectivity index (χ4n) is 5.25. The molecule has 5 nitrogen and oxygen atoms in total. The predicted octanol–water partition coefficient (Wildman–Crippen LogP) is 3.44. The SMILES string of the molecule is CCCN1C[C@@H](CC(=O)N(CCN(C)C)Cc2ccccc2)C[C@@H]2CC(=O)CC[C@H]21. The number of carbonyl (C=O) groups excluding carboxylic acids is 2. The van der Waals surface area contributed by atoms with Crippen molar-refractivity contribution in [3.05, 3.63) is 35.9 Å². The number of carbonyl (C=O) groups is 2. The van der Waals surface area contributed by atoms with Crippen LogP contribution < -0.4 is 0 Å². The monoisotopic (exact) mass is 413 g/mol. The Bertz CT molecular complexity index is 691. The molecule has 30 heavy (non-hydrogen) atoms. The van der Waals surface area contributed by atoms with Crippen molar-refractivity contribution in [1.82, 2.24) is 14.7 Å². The van der Waals surface area contributed by atoms with Crippen LogP contribution in [0, 0.1) is 11.8 Å². The number of hydrogen-bond acceptors (Lipinski definition) is 4. The number of nitrogens with zero attached hydrogens (tertiary/aromatic N) is 3. The first kappa shape index (κ1) is 23.0. The first-order valence-corrected chi connectivity index (χ1v) is 11.7. The Morgan fingerprint density at radius 2 is 1.93 bits per heavy atom. The minimum Gasteiger partial charge on any atom is -0.337 e. The van der Waals surface area contributed by atoms with Gasteiger partial charge in [-0.25, -0.2) is 0 Å². The number of amides is 1. The molecular formula is C25H39N3O2. The average Bonchev–Trinajstić information content (AvgIpc) is 2.71. The molecule has 5 heteroatoms. The highest BCUT2D eigenvalue weighted by atomic mass is 16.2. The zero-order valence-corrected chi connectivity index (χ0v) is 19.1. The number of ketones is 1. The molecule has 0 unspecified atom stereocenters. The number of piperidine rings is 1. The molecule has 0 spiro atoms. The first-order chi connectivity index (χ1) is 14.5. The minimum absolute atomic E-state index is 0.253. The Hall–Kier alpha value is -1.72. The van der Waals surface area contributed by atoms with Gasteiger partial charge in [-0.2, -0.15) is 0 Å². The Labute approximate surface area is 182 Å². The van der Waals surface area contributed by atoms with Crippen LogP contribution >= 0.6 is 0 Å². The fourth-order valence-corrected chi connectivity index (χ4v) is 5.25. The molecule has 0 bridgehead atoms. The number of Topliss-reactive ketones (excluding diaryl/α,β-unsaturated/α-hetero) is 1. The lowest BCUT2D eigenvalue weighted by Gasteiger charge is -2.47. The Kier molecular flexibility index (Phi) is 8.46. The molecular weight excluding hydrogens is 374 g/mol. The third-order valence-electron chi connectivity index (χ3n) is 6.71. The van der Waals surface area contributed by atoms with E-state index in [1.807, 2.05) is 23.1 Å². The minimum atomic E-state index is 0.253. The highest BCUT2D eigenvalue weighted by molar-refractivity contribution is 5.79. The number of hydrogen-bond donors (Lipinski definition) is 0. The maximum absolute atomic E-state index is 13.3. The number of fused-ring (bicyclic) bond motifs is 1. The van der Waals surface area contributed by atoms with Crippen LogP contribution in [-0.2, 0) is 16.1 Å². The smallest absolute Gasteiger partial charge is 0.223 e. The second kappa shape index (κ2) is 11.1. The Morgan fingerprint density at radius 3 is 2.63 bits per heavy atom. The molecule has 1 saturated carbocycles. The van der Waals surface area contributed by atoms with Crippen LogP contribution in [0.25, 0.3) is 0 Å². The molecule has 3 atom stereocenters. The summed E-state index contributed by atoms with van der Waals surface area (Å²) in [4.78, 5) is 32.2. The molecule has 1 aliphatic carbocycles. The van der Waals surface area contributed by atoms with E-state index in [0.717, 1.165) is 51.9 Å². The van der Waals surface area contributed by atoms with E-state index in [4.69, 9.17) is 0 Å². The van der Waals surface area contributed by atoms with E-state index in [9.17, 15) is 9.59 Å². The molecule has 1 aromatic rings. The zero-order chi connectivity index (χ0) is 21.5. The molecule has 0 N–H and O–H groups in total. The van der Waals surface area contributed by atoms with Gasteiger partial charge in [0.15, 0.2) is 0 Å². The Morgan fingerprint density at radius 1 is 1.17 bits per heavy atom. The lowest BCUT2D eigenvalue weighted by atomic mass is 9.73. The van der Waals surface area contributed by atoms with Crippen LogP contribution in [0.5, 0.6) is 0 Å². The van der Waals surface area contributed by atoms with Gasteiger partial charge in [-0.3, -0.25) is 14.5 Å². The summed E-state index contributed by atoms with van der Waals surface area (Å²) < 4.78 is 0. The summed E-state index contributed by atoms with van der Waals surface area (Å²) in [7, 11) is 4.10. The van der Waals surface area contributed by atoms with Gasteiger partial charge in [-0.15, -0.1) is 0 Å². The summed E-state index contributed by atoms with van der Waals surface area (Å²) in [6.45, 7) is 6.58. The molecule has 0 aromatic heterocycles. The van der Waals surface area contributed by atoms with Gasteiger partial charge in [-0.05, 0) is 57.3 Å². The molecule has 3 rings (SSSR count). The summed E-state index contributed by atoms with van der Waals surface area (Å²) >= 11 is 0. The number of likely N-dealkylation sites (tertiary alicyclic amines) is 1. The third kappa shape index (κ3) is 6.39. The molecule has 1 aliphatic heterocycles. The van der Waals surface area contributed by atoms with Crippen LogP contribution in [0.3, 0.4) is 0 Å². The van der Waals surface area contributed by atoms with Crippen molar-refractivity contribution in [3.8, 4) is 0 Å². The lowest BCUT2D eigenvalue weighted by molar-refractivity contribution is -0.134. The molecule has 1 aromatic carbocycles. The first-order valence-electron chi connectivity index (χ1n) is 11.7. The lowest BCUT2D eigenvalue weighted by Crippen LogP contribution is -2.52. The van der Waals surface area contributed by atoms with E-state index in [1.54, 1.807) is 0 Å². The average molecular weight is 414 g/mol. The predicted molar refractivity (Wildman–Crippen MR) is 121 cm³/mol. The summed E-state index contributed by atoms with van der Waals surface area (Å²) in [5.74, 6) is 1.46. The third-order valence-corrected chi connectivity index (χ3v) is 6.71. The van der Waals surface area contributed by atoms with E-state index in [-0.39, 0.29) is 5.91 Å². The normalized spacial score (nSPS) is 24.7. The topological polar surface area (TPSA) is 43.9 Å². The Balaban J connectivity index is 1.66. The molecule has 2 aliphatic rings. The largest absolute Gasteiger partial charge is 0.337 e. The van der Waals surface area contributed by atoms with E-state index in [1.165, 1.54) is 5.56 Å². The number of benzene rings is 1. The summed E-state index contributed by atoms with van der Waals surface area (Å²) in [6, 6.07) is 10.8. The van der Waals surface area contributed by atoms with Crippen molar-refractivity contribution in [3.63, 3.8) is 0 Å². The van der Waals surface area contributed by atoms with Crippen LogP contribution in [0.2, 0.25) is 0 Å². The molecule has 1 saturated heterocycles. The van der Waals surface area contributed by atoms with Gasteiger partial charge in [0, 0.05) is 51.5 Å². The summed E-state index contributed by atoms with van der Waals surface area (Å²) in [5, 5.41) is 0. The van der Waals surface area contributed by atoms with Gasteiger partial charge in [0.05, 0.1) is 0 Å². The summed E-state index contributed by atoms with van der Waals surface area (Å²) in [6.07, 6.45) is 5.20. The van der Waals surface area contributed by atoms with Crippen LogP contribution in [0.4, 0.5) is 0 Å². The van der Waals surface area contributed by atoms with E-state index >= 15 is 0 Å². The zero-order valence-electron chi connectivity index (χ0n) is 19.1. The van der Waals surface area contributed by atoms with Crippen molar-refractivity contribution < 1.29 is 9.59 Å². The maximum atomic E-state index is 13.3. The van der Waals surface area contributed by atoms with Crippen molar-refractivity contribution in [2.24, 2.45) is 11.8 Å². The molecule has 0 radical (unpaired) electrons. The van der Waals surface area contributed by atoms with Gasteiger partial charge in [0.2, 0.25) is 5.91 Å². The van der Waals surface area contributed by atoms with Gasteiger partial charge in [-0.1, -0.05) is 37.3 Å². The highest BCUT2D eigenvalue weighted by Crippen LogP contribution is 2.37. The molecule has 1 amide bonds. The van der Waals surface area contributed by atoms with E-state index in [0.29, 0.717) is 43.0 Å². The van der Waals surface area contributed by atoms with Crippen molar-refractivity contribution in [1.29, 1.82) is 0 Å². The number of likely N-dealkylation sites (N-methyl/N-ethyl adjacent to an activating group) is 1. The van der Waals surface area contributed by atoms with Gasteiger partial charge in [0.1, 0.15) is 5.78 Å². The molecule has 1 heterocycles. The van der Waals surface area contributed by atoms with Gasteiger partial charge >= 0.3 is 0 Å². The molecule has 166 valence electrons. The van der Waals surface area contributed by atoms with Crippen LogP contribution in [0.1, 0.15) is 51.0 Å². The van der Waals surface area contributed by atoms with Crippen molar-refractivity contribution >= 4 is 11.7 Å². The quantitative estimate of drug-likeness (QED) is 0.622. The van der Waals surface area contributed by atoms with Crippen molar-refractivity contribution in [2.45, 2.75) is 58.0 Å². The fraction of sp³-hybridized carbons (Fsp3) is 0.680. The standard InChI is InChI=1S/C25H39N3O2/c1-4-12-27-19-21(15-22-17-23(29)10-11-24(22)27)16-25(30)28(14-13-26(2)3)18-20-8-6-5-7-9-20/h5-9,21-22,24H,4,10-19H2,1-3H3/t21-,22-,24-/m1/s1. The maximum Gasteiger partial charge on any atom is 0.223 e. The van der Waals surface area contributed by atoms with Gasteiger partial charge in [0.25, 0.3) is 0 Å². The van der Waals surface area contributed by atoms with Gasteiger partial charge < -0.3 is 9.80 Å². The molecule has 2 fully saturated rings.